The van der Waals surface area contributed by atoms with Crippen molar-refractivity contribution in [2.24, 2.45) is 0 Å². The fourth-order valence-electron chi connectivity index (χ4n) is 3.95. The summed E-state index contributed by atoms with van der Waals surface area (Å²) in [6.07, 6.45) is 7.56. The molecule has 136 valence electrons. The van der Waals surface area contributed by atoms with Crippen molar-refractivity contribution in [3.63, 3.8) is 0 Å². The molecule has 0 bridgehead atoms. The maximum absolute atomic E-state index is 12.6. The number of rotatable bonds is 4. The van der Waals surface area contributed by atoms with Gasteiger partial charge in [-0.1, -0.05) is 56.0 Å². The molecule has 2 fully saturated rings. The number of benzene rings is 1. The zero-order valence-corrected chi connectivity index (χ0v) is 14.9. The molecule has 1 saturated carbocycles. The summed E-state index contributed by atoms with van der Waals surface area (Å²) in [5, 5.41) is 6.15. The van der Waals surface area contributed by atoms with E-state index in [-0.39, 0.29) is 17.9 Å². The number of carbonyl (C=O) groups is 2. The summed E-state index contributed by atoms with van der Waals surface area (Å²) < 4.78 is 0. The summed E-state index contributed by atoms with van der Waals surface area (Å²) in [6, 6.07) is 10.3. The van der Waals surface area contributed by atoms with Crippen LogP contribution in [0.2, 0.25) is 0 Å². The number of amides is 2. The molecule has 1 atom stereocenters. The van der Waals surface area contributed by atoms with Crippen molar-refractivity contribution in [3.05, 3.63) is 35.9 Å². The van der Waals surface area contributed by atoms with Crippen LogP contribution >= 0.6 is 0 Å². The van der Waals surface area contributed by atoms with Crippen LogP contribution < -0.4 is 10.6 Å². The Bertz CT molecular complexity index is 568. The van der Waals surface area contributed by atoms with Crippen LogP contribution in [-0.2, 0) is 9.59 Å². The highest BCUT2D eigenvalue weighted by molar-refractivity contribution is 5.79. The van der Waals surface area contributed by atoms with Crippen LogP contribution in [0.1, 0.15) is 56.6 Å². The lowest BCUT2D eigenvalue weighted by Gasteiger charge is -2.29. The lowest BCUT2D eigenvalue weighted by Crippen LogP contribution is -2.43. The van der Waals surface area contributed by atoms with Crippen molar-refractivity contribution >= 4 is 11.8 Å². The van der Waals surface area contributed by atoms with Crippen LogP contribution in [0.5, 0.6) is 0 Å². The molecule has 5 nitrogen and oxygen atoms in total. The van der Waals surface area contributed by atoms with Gasteiger partial charge in [-0.3, -0.25) is 14.5 Å². The van der Waals surface area contributed by atoms with E-state index in [1.165, 1.54) is 25.7 Å². The van der Waals surface area contributed by atoms with Gasteiger partial charge in [0.25, 0.3) is 0 Å². The van der Waals surface area contributed by atoms with Crippen LogP contribution in [0.4, 0.5) is 0 Å². The summed E-state index contributed by atoms with van der Waals surface area (Å²) in [5.74, 6) is 0.141. The van der Waals surface area contributed by atoms with Crippen molar-refractivity contribution in [1.82, 2.24) is 15.5 Å². The highest BCUT2D eigenvalue weighted by atomic mass is 16.2. The van der Waals surface area contributed by atoms with Crippen LogP contribution in [0, 0.1) is 0 Å². The molecule has 1 unspecified atom stereocenters. The predicted octanol–water partition coefficient (Wildman–Crippen LogP) is 2.39. The maximum Gasteiger partial charge on any atom is 0.234 e. The molecule has 3 rings (SSSR count). The smallest absolute Gasteiger partial charge is 0.234 e. The molecule has 1 aliphatic carbocycles. The highest BCUT2D eigenvalue weighted by Gasteiger charge is 2.28. The zero-order chi connectivity index (χ0) is 17.5. The number of nitrogens with zero attached hydrogens (tertiary/aromatic N) is 1. The SMILES string of the molecule is O=C1CC(c2ccccc2)N(CC(=O)NC2CCCCCC2)CCN1. The van der Waals surface area contributed by atoms with Crippen LogP contribution in [0.15, 0.2) is 30.3 Å². The Kier molecular flexibility index (Phi) is 6.45. The second kappa shape index (κ2) is 8.99. The van der Waals surface area contributed by atoms with Gasteiger partial charge in [-0.05, 0) is 18.4 Å². The van der Waals surface area contributed by atoms with E-state index in [0.29, 0.717) is 32.1 Å². The monoisotopic (exact) mass is 343 g/mol. The minimum atomic E-state index is -0.0383. The molecule has 5 heteroatoms. The van der Waals surface area contributed by atoms with Gasteiger partial charge in [0.05, 0.1) is 6.54 Å². The Hall–Kier alpha value is -1.88. The van der Waals surface area contributed by atoms with E-state index < -0.39 is 0 Å². The third-order valence-corrected chi connectivity index (χ3v) is 5.29. The van der Waals surface area contributed by atoms with Crippen molar-refractivity contribution in [2.45, 2.75) is 57.0 Å². The van der Waals surface area contributed by atoms with Crippen molar-refractivity contribution in [2.75, 3.05) is 19.6 Å². The van der Waals surface area contributed by atoms with E-state index in [9.17, 15) is 9.59 Å². The fraction of sp³-hybridized carbons (Fsp3) is 0.600. The van der Waals surface area contributed by atoms with Gasteiger partial charge in [-0.2, -0.15) is 0 Å². The summed E-state index contributed by atoms with van der Waals surface area (Å²) in [5.41, 5.74) is 1.10. The van der Waals surface area contributed by atoms with E-state index in [1.54, 1.807) is 0 Å². The second-order valence-electron chi connectivity index (χ2n) is 7.21. The van der Waals surface area contributed by atoms with E-state index in [4.69, 9.17) is 0 Å². The molecule has 0 radical (unpaired) electrons. The molecule has 1 heterocycles. The number of nitrogens with one attached hydrogen (secondary N) is 2. The summed E-state index contributed by atoms with van der Waals surface area (Å²) in [4.78, 5) is 26.8. The molecular weight excluding hydrogens is 314 g/mol. The third kappa shape index (κ3) is 5.30. The molecular formula is C20H29N3O2. The number of carbonyl (C=O) groups excluding carboxylic acids is 2. The molecule has 1 aromatic rings. The van der Waals surface area contributed by atoms with E-state index in [0.717, 1.165) is 18.4 Å². The van der Waals surface area contributed by atoms with Crippen LogP contribution in [0.3, 0.4) is 0 Å². The highest BCUT2D eigenvalue weighted by Crippen LogP contribution is 2.25. The molecule has 0 spiro atoms. The van der Waals surface area contributed by atoms with E-state index >= 15 is 0 Å². The van der Waals surface area contributed by atoms with E-state index in [1.807, 2.05) is 30.3 Å². The normalized spacial score (nSPS) is 23.4. The lowest BCUT2D eigenvalue weighted by atomic mass is 10.0. The van der Waals surface area contributed by atoms with Gasteiger partial charge in [-0.15, -0.1) is 0 Å². The second-order valence-corrected chi connectivity index (χ2v) is 7.21. The Morgan fingerprint density at radius 2 is 1.84 bits per heavy atom. The standard InChI is InChI=1S/C20H29N3O2/c24-19-14-18(16-8-4-3-5-9-16)23(13-12-21-19)15-20(25)22-17-10-6-1-2-7-11-17/h3-5,8-9,17-18H,1-2,6-7,10-15H2,(H,21,24)(H,22,25). The van der Waals surface area contributed by atoms with Gasteiger partial charge in [0.1, 0.15) is 0 Å². The molecule has 2 N–H and O–H groups in total. The predicted molar refractivity (Wildman–Crippen MR) is 98.0 cm³/mol. The topological polar surface area (TPSA) is 61.4 Å². The van der Waals surface area contributed by atoms with E-state index in [2.05, 4.69) is 15.5 Å². The minimum Gasteiger partial charge on any atom is -0.355 e. The van der Waals surface area contributed by atoms with Crippen molar-refractivity contribution in [1.29, 1.82) is 0 Å². The van der Waals surface area contributed by atoms with Gasteiger partial charge >= 0.3 is 0 Å². The molecule has 1 aliphatic heterocycles. The molecule has 2 amide bonds. The fourth-order valence-corrected chi connectivity index (χ4v) is 3.95. The Morgan fingerprint density at radius 1 is 1.12 bits per heavy atom. The third-order valence-electron chi connectivity index (χ3n) is 5.29. The summed E-state index contributed by atoms with van der Waals surface area (Å²) in [6.45, 7) is 1.65. The summed E-state index contributed by atoms with van der Waals surface area (Å²) >= 11 is 0. The molecule has 1 aromatic carbocycles. The molecule has 0 aromatic heterocycles. The number of hydrogen-bond acceptors (Lipinski definition) is 3. The zero-order valence-electron chi connectivity index (χ0n) is 14.9. The quantitative estimate of drug-likeness (QED) is 0.825. The number of hydrogen-bond donors (Lipinski definition) is 2. The van der Waals surface area contributed by atoms with Gasteiger partial charge in [-0.25, -0.2) is 0 Å². The van der Waals surface area contributed by atoms with Gasteiger partial charge < -0.3 is 10.6 Å². The minimum absolute atomic E-state index is 0.0383. The van der Waals surface area contributed by atoms with Gasteiger partial charge in [0.15, 0.2) is 0 Å². The first-order valence-electron chi connectivity index (χ1n) is 9.57. The Labute approximate surface area is 150 Å². The maximum atomic E-state index is 12.6. The van der Waals surface area contributed by atoms with Crippen molar-refractivity contribution < 1.29 is 9.59 Å². The lowest BCUT2D eigenvalue weighted by molar-refractivity contribution is -0.125. The first-order chi connectivity index (χ1) is 12.2. The van der Waals surface area contributed by atoms with Gasteiger partial charge in [0, 0.05) is 31.6 Å². The largest absolute Gasteiger partial charge is 0.355 e. The first kappa shape index (κ1) is 17.9. The first-order valence-corrected chi connectivity index (χ1v) is 9.57. The van der Waals surface area contributed by atoms with Crippen molar-refractivity contribution in [3.8, 4) is 0 Å². The molecule has 2 aliphatic rings. The summed E-state index contributed by atoms with van der Waals surface area (Å²) in [7, 11) is 0. The van der Waals surface area contributed by atoms with Crippen LogP contribution in [-0.4, -0.2) is 42.4 Å². The van der Waals surface area contributed by atoms with Crippen LogP contribution in [0.25, 0.3) is 0 Å². The Morgan fingerprint density at radius 3 is 2.56 bits per heavy atom. The Balaban J connectivity index is 1.64. The average molecular weight is 343 g/mol. The molecule has 1 saturated heterocycles. The van der Waals surface area contributed by atoms with Gasteiger partial charge in [0.2, 0.25) is 11.8 Å². The molecule has 25 heavy (non-hydrogen) atoms. The average Bonchev–Trinajstić information content (AvgIpc) is 2.97.